The molecule has 0 aliphatic carbocycles. The molecule has 1 aliphatic rings. The summed E-state index contributed by atoms with van der Waals surface area (Å²) in [7, 11) is 1.66. The third-order valence-electron chi connectivity index (χ3n) is 3.79. The molecular weight excluding hydrogens is 326 g/mol. The third-order valence-corrected chi connectivity index (χ3v) is 4.87. The van der Waals surface area contributed by atoms with Gasteiger partial charge in [0, 0.05) is 26.2 Å². The van der Waals surface area contributed by atoms with E-state index in [4.69, 9.17) is 14.5 Å². The highest BCUT2D eigenvalue weighted by Crippen LogP contribution is 2.34. The molecule has 1 aromatic carbocycles. The van der Waals surface area contributed by atoms with Crippen molar-refractivity contribution in [1.29, 1.82) is 0 Å². The van der Waals surface area contributed by atoms with Gasteiger partial charge in [-0.1, -0.05) is 17.4 Å². The number of piperazine rings is 1. The van der Waals surface area contributed by atoms with Gasteiger partial charge in [0.2, 0.25) is 0 Å². The zero-order valence-corrected chi connectivity index (χ0v) is 15.4. The van der Waals surface area contributed by atoms with Crippen molar-refractivity contribution in [2.45, 2.75) is 26.4 Å². The van der Waals surface area contributed by atoms with Crippen LogP contribution in [0.2, 0.25) is 0 Å². The van der Waals surface area contributed by atoms with Crippen LogP contribution in [0, 0.1) is 0 Å². The van der Waals surface area contributed by atoms with Crippen LogP contribution < -0.4 is 9.64 Å². The molecule has 1 aromatic heterocycles. The molecule has 0 radical (unpaired) electrons. The normalized spacial score (nSPS) is 15.7. The number of carbonyl (C=O) groups is 1. The third kappa shape index (κ3) is 3.56. The van der Waals surface area contributed by atoms with Crippen molar-refractivity contribution in [3.05, 3.63) is 18.2 Å². The van der Waals surface area contributed by atoms with Crippen LogP contribution in [0.4, 0.5) is 9.93 Å². The highest BCUT2D eigenvalue weighted by Gasteiger charge is 2.27. The van der Waals surface area contributed by atoms with Gasteiger partial charge in [0.1, 0.15) is 16.9 Å². The van der Waals surface area contributed by atoms with Gasteiger partial charge >= 0.3 is 6.09 Å². The largest absolute Gasteiger partial charge is 0.494 e. The summed E-state index contributed by atoms with van der Waals surface area (Å²) < 4.78 is 11.9. The van der Waals surface area contributed by atoms with Gasteiger partial charge in [0.15, 0.2) is 5.13 Å². The predicted molar refractivity (Wildman–Crippen MR) is 96.2 cm³/mol. The fourth-order valence-corrected chi connectivity index (χ4v) is 3.65. The van der Waals surface area contributed by atoms with Crippen molar-refractivity contribution < 1.29 is 14.3 Å². The number of fused-ring (bicyclic) bond motifs is 1. The Balaban J connectivity index is 1.68. The number of para-hydroxylation sites is 1. The molecule has 0 atom stereocenters. The Hall–Kier alpha value is -2.02. The lowest BCUT2D eigenvalue weighted by atomic mass is 10.2. The summed E-state index contributed by atoms with van der Waals surface area (Å²) in [4.78, 5) is 20.8. The lowest BCUT2D eigenvalue weighted by molar-refractivity contribution is 0.0240. The summed E-state index contributed by atoms with van der Waals surface area (Å²) in [6.45, 7) is 8.44. The lowest BCUT2D eigenvalue weighted by Crippen LogP contribution is -2.50. The SMILES string of the molecule is COc1cccc2sc(N3CCN(C(=O)OC(C)(C)C)CC3)nc12. The molecule has 3 rings (SSSR count). The van der Waals surface area contributed by atoms with Crippen LogP contribution in [-0.4, -0.2) is 54.9 Å². The zero-order valence-electron chi connectivity index (χ0n) is 14.5. The van der Waals surface area contributed by atoms with E-state index < -0.39 is 5.60 Å². The number of aromatic nitrogens is 1. The summed E-state index contributed by atoms with van der Waals surface area (Å²) in [6, 6.07) is 5.95. The maximum Gasteiger partial charge on any atom is 0.410 e. The summed E-state index contributed by atoms with van der Waals surface area (Å²) >= 11 is 1.65. The Labute approximate surface area is 146 Å². The van der Waals surface area contributed by atoms with E-state index in [9.17, 15) is 4.79 Å². The molecule has 6 nitrogen and oxygen atoms in total. The zero-order chi connectivity index (χ0) is 17.3. The molecular formula is C17H23N3O3S. The molecule has 24 heavy (non-hydrogen) atoms. The number of thiazole rings is 1. The van der Waals surface area contributed by atoms with E-state index >= 15 is 0 Å². The molecule has 1 saturated heterocycles. The van der Waals surface area contributed by atoms with Gasteiger partial charge in [-0.25, -0.2) is 9.78 Å². The average molecular weight is 349 g/mol. The van der Waals surface area contributed by atoms with Crippen molar-refractivity contribution in [3.63, 3.8) is 0 Å². The van der Waals surface area contributed by atoms with Crippen LogP contribution in [0.1, 0.15) is 20.8 Å². The van der Waals surface area contributed by atoms with E-state index in [1.807, 2.05) is 32.9 Å². The van der Waals surface area contributed by atoms with Gasteiger partial charge in [-0.05, 0) is 32.9 Å². The maximum atomic E-state index is 12.1. The molecule has 0 N–H and O–H groups in total. The number of rotatable bonds is 2. The number of amides is 1. The maximum absolute atomic E-state index is 12.1. The number of ether oxygens (including phenoxy) is 2. The molecule has 2 heterocycles. The van der Waals surface area contributed by atoms with Crippen molar-refractivity contribution in [2.75, 3.05) is 38.2 Å². The first-order valence-electron chi connectivity index (χ1n) is 8.04. The van der Waals surface area contributed by atoms with Crippen molar-refractivity contribution in [2.24, 2.45) is 0 Å². The number of methoxy groups -OCH3 is 1. The quantitative estimate of drug-likeness (QED) is 0.832. The van der Waals surface area contributed by atoms with Gasteiger partial charge in [-0.2, -0.15) is 0 Å². The minimum Gasteiger partial charge on any atom is -0.494 e. The van der Waals surface area contributed by atoms with E-state index in [-0.39, 0.29) is 6.09 Å². The van der Waals surface area contributed by atoms with Gasteiger partial charge < -0.3 is 19.3 Å². The fraction of sp³-hybridized carbons (Fsp3) is 0.529. The average Bonchev–Trinajstić information content (AvgIpc) is 2.97. The first-order chi connectivity index (χ1) is 11.4. The van der Waals surface area contributed by atoms with Gasteiger partial charge in [-0.15, -0.1) is 0 Å². The molecule has 1 fully saturated rings. The van der Waals surface area contributed by atoms with E-state index in [0.717, 1.165) is 34.2 Å². The first kappa shape index (κ1) is 16.8. The topological polar surface area (TPSA) is 54.9 Å². The molecule has 1 amide bonds. The van der Waals surface area contributed by atoms with E-state index in [1.54, 1.807) is 23.3 Å². The minimum atomic E-state index is -0.461. The Morgan fingerprint density at radius 3 is 2.54 bits per heavy atom. The molecule has 0 bridgehead atoms. The monoisotopic (exact) mass is 349 g/mol. The Morgan fingerprint density at radius 1 is 1.21 bits per heavy atom. The summed E-state index contributed by atoms with van der Waals surface area (Å²) in [6.07, 6.45) is -0.242. The van der Waals surface area contributed by atoms with Crippen LogP contribution in [0.15, 0.2) is 18.2 Å². The number of carbonyl (C=O) groups excluding carboxylic acids is 1. The minimum absolute atomic E-state index is 0.242. The first-order valence-corrected chi connectivity index (χ1v) is 8.85. The van der Waals surface area contributed by atoms with Crippen LogP contribution in [-0.2, 0) is 4.74 Å². The molecule has 0 unspecified atom stereocenters. The fourth-order valence-electron chi connectivity index (χ4n) is 2.62. The smallest absolute Gasteiger partial charge is 0.410 e. The molecule has 0 spiro atoms. The van der Waals surface area contributed by atoms with Crippen molar-refractivity contribution in [3.8, 4) is 5.75 Å². The van der Waals surface area contributed by atoms with Crippen LogP contribution in [0.3, 0.4) is 0 Å². The second kappa shape index (κ2) is 6.47. The second-order valence-electron chi connectivity index (χ2n) is 6.76. The van der Waals surface area contributed by atoms with Crippen LogP contribution in [0.5, 0.6) is 5.75 Å². The predicted octanol–water partition coefficient (Wildman–Crippen LogP) is 3.36. The molecule has 1 aliphatic heterocycles. The van der Waals surface area contributed by atoms with Crippen molar-refractivity contribution in [1.82, 2.24) is 9.88 Å². The highest BCUT2D eigenvalue weighted by atomic mass is 32.1. The van der Waals surface area contributed by atoms with E-state index in [2.05, 4.69) is 11.0 Å². The lowest BCUT2D eigenvalue weighted by Gasteiger charge is -2.35. The van der Waals surface area contributed by atoms with Gasteiger partial charge in [-0.3, -0.25) is 0 Å². The Morgan fingerprint density at radius 2 is 1.92 bits per heavy atom. The van der Waals surface area contributed by atoms with Gasteiger partial charge in [0.05, 0.1) is 11.8 Å². The Bertz CT molecular complexity index is 730. The number of anilines is 1. The standard InChI is InChI=1S/C17H23N3O3S/c1-17(2,3)23-16(21)20-10-8-19(9-11-20)15-18-14-12(22-4)6-5-7-13(14)24-15/h5-7H,8-11H2,1-4H3. The second-order valence-corrected chi connectivity index (χ2v) is 7.77. The number of benzene rings is 1. The molecule has 7 heteroatoms. The number of hydrogen-bond donors (Lipinski definition) is 0. The van der Waals surface area contributed by atoms with Gasteiger partial charge in [0.25, 0.3) is 0 Å². The highest BCUT2D eigenvalue weighted by molar-refractivity contribution is 7.22. The van der Waals surface area contributed by atoms with Crippen molar-refractivity contribution >= 4 is 32.8 Å². The molecule has 0 saturated carbocycles. The molecule has 2 aromatic rings. The summed E-state index contributed by atoms with van der Waals surface area (Å²) in [5, 5.41) is 0.971. The number of hydrogen-bond acceptors (Lipinski definition) is 6. The van der Waals surface area contributed by atoms with E-state index in [1.165, 1.54) is 0 Å². The van der Waals surface area contributed by atoms with E-state index in [0.29, 0.717) is 13.1 Å². The van der Waals surface area contributed by atoms with Crippen LogP contribution >= 0.6 is 11.3 Å². The summed E-state index contributed by atoms with van der Waals surface area (Å²) in [5.74, 6) is 0.794. The Kier molecular flexibility index (Phi) is 4.54. The summed E-state index contributed by atoms with van der Waals surface area (Å²) in [5.41, 5.74) is 0.437. The number of nitrogens with zero attached hydrogens (tertiary/aromatic N) is 3. The van der Waals surface area contributed by atoms with Crippen LogP contribution in [0.25, 0.3) is 10.2 Å². The molecule has 130 valence electrons.